The number of nitrogens with one attached hydrogen (secondary N) is 1. The van der Waals surface area contributed by atoms with Crippen LogP contribution in [0.1, 0.15) is 43.7 Å². The van der Waals surface area contributed by atoms with E-state index >= 15 is 0 Å². The maximum atomic E-state index is 13.0. The zero-order valence-corrected chi connectivity index (χ0v) is 22.0. The molecule has 2 aliphatic heterocycles. The predicted molar refractivity (Wildman–Crippen MR) is 146 cm³/mol. The molecule has 0 aliphatic carbocycles. The normalized spacial score (nSPS) is 17.7. The Labute approximate surface area is 222 Å². The van der Waals surface area contributed by atoms with E-state index in [9.17, 15) is 4.79 Å². The van der Waals surface area contributed by atoms with Crippen LogP contribution < -0.4 is 5.32 Å². The molecule has 0 atom stereocenters. The molecule has 0 spiro atoms. The van der Waals surface area contributed by atoms with E-state index in [2.05, 4.69) is 48.4 Å². The number of rotatable bonds is 7. The van der Waals surface area contributed by atoms with Gasteiger partial charge in [-0.1, -0.05) is 18.6 Å². The number of hydrogen-bond donors (Lipinski definition) is 1. The Balaban J connectivity index is 1.13. The van der Waals surface area contributed by atoms with Gasteiger partial charge in [0.2, 0.25) is 11.8 Å². The second-order valence-corrected chi connectivity index (χ2v) is 10.6. The maximum Gasteiger partial charge on any atom is 0.228 e. The van der Waals surface area contributed by atoms with Crippen molar-refractivity contribution >= 4 is 22.5 Å². The molecule has 0 unspecified atom stereocenters. The minimum Gasteiger partial charge on any atom is -0.448 e. The molecule has 1 N–H and O–H groups in total. The average molecular weight is 514 g/mol. The van der Waals surface area contributed by atoms with Gasteiger partial charge in [0.1, 0.15) is 12.1 Å². The number of oxazole rings is 1. The fourth-order valence-electron chi connectivity index (χ4n) is 5.70. The lowest BCUT2D eigenvalue weighted by Gasteiger charge is -2.30. The van der Waals surface area contributed by atoms with Gasteiger partial charge in [-0.15, -0.1) is 0 Å². The molecule has 38 heavy (non-hydrogen) atoms. The lowest BCUT2D eigenvalue weighted by atomic mass is 9.96. The second kappa shape index (κ2) is 11.0. The lowest BCUT2D eigenvalue weighted by molar-refractivity contribution is -0.121. The fraction of sp³-hybridized carbons (Fsp3) is 0.448. The van der Waals surface area contributed by atoms with E-state index in [1.165, 1.54) is 30.5 Å². The number of aryl methyl sites for hydroxylation is 1. The van der Waals surface area contributed by atoms with Gasteiger partial charge in [-0.3, -0.25) is 19.3 Å². The van der Waals surface area contributed by atoms with Crippen LogP contribution in [0.25, 0.3) is 21.9 Å². The van der Waals surface area contributed by atoms with Gasteiger partial charge in [0.25, 0.3) is 0 Å². The van der Waals surface area contributed by atoms with E-state index in [-0.39, 0.29) is 11.8 Å². The number of fused-ring (bicyclic) bond motifs is 1. The zero-order valence-electron chi connectivity index (χ0n) is 22.0. The highest BCUT2D eigenvalue weighted by Gasteiger charge is 2.26. The molecule has 6 rings (SSSR count). The quantitative estimate of drug-likeness (QED) is 0.390. The van der Waals surface area contributed by atoms with Crippen molar-refractivity contribution in [2.45, 2.75) is 45.2 Å². The molecule has 0 radical (unpaired) electrons. The first kappa shape index (κ1) is 24.8. The molecule has 198 valence electrons. The molecule has 2 saturated heterocycles. The predicted octanol–water partition coefficient (Wildman–Crippen LogP) is 4.46. The first-order chi connectivity index (χ1) is 18.6. The summed E-state index contributed by atoms with van der Waals surface area (Å²) in [6.07, 6.45) is 12.6. The molecule has 2 aliphatic rings. The first-order valence-electron chi connectivity index (χ1n) is 13.7. The average Bonchev–Trinajstić information content (AvgIpc) is 3.59. The number of carbonyl (C=O) groups is 1. The van der Waals surface area contributed by atoms with Crippen molar-refractivity contribution in [1.82, 2.24) is 29.5 Å². The Bertz CT molecular complexity index is 1380. The number of hydrogen-bond acceptors (Lipinski definition) is 7. The summed E-state index contributed by atoms with van der Waals surface area (Å²) in [6.45, 7) is 5.60. The van der Waals surface area contributed by atoms with Crippen molar-refractivity contribution in [3.05, 3.63) is 60.7 Å². The van der Waals surface area contributed by atoms with Crippen LogP contribution in [0.2, 0.25) is 0 Å². The van der Waals surface area contributed by atoms with Gasteiger partial charge in [0, 0.05) is 36.7 Å². The van der Waals surface area contributed by atoms with E-state index < -0.39 is 0 Å². The zero-order chi connectivity index (χ0) is 25.9. The number of likely N-dealkylation sites (tertiary alicyclic amines) is 2. The lowest BCUT2D eigenvalue weighted by Crippen LogP contribution is -2.37. The molecular formula is C29H35N7O2. The molecule has 4 aromatic rings. The van der Waals surface area contributed by atoms with E-state index in [0.29, 0.717) is 12.4 Å². The number of nitrogens with zero attached hydrogens (tertiary/aromatic N) is 6. The Kier molecular flexibility index (Phi) is 7.20. The highest BCUT2D eigenvalue weighted by Crippen LogP contribution is 2.29. The third-order valence-corrected chi connectivity index (χ3v) is 7.97. The van der Waals surface area contributed by atoms with Crippen molar-refractivity contribution in [1.29, 1.82) is 0 Å². The number of carbonyl (C=O) groups excluding carboxylic acids is 1. The largest absolute Gasteiger partial charge is 0.448 e. The van der Waals surface area contributed by atoms with E-state index in [4.69, 9.17) is 4.42 Å². The number of aromatic nitrogens is 4. The van der Waals surface area contributed by atoms with Gasteiger partial charge in [-0.05, 0) is 74.9 Å². The smallest absolute Gasteiger partial charge is 0.228 e. The van der Waals surface area contributed by atoms with Gasteiger partial charge in [-0.25, -0.2) is 9.97 Å². The summed E-state index contributed by atoms with van der Waals surface area (Å²) in [7, 11) is 2.03. The van der Waals surface area contributed by atoms with Gasteiger partial charge in [-0.2, -0.15) is 5.10 Å². The number of benzene rings is 1. The molecule has 9 nitrogen and oxygen atoms in total. The Morgan fingerprint density at radius 2 is 1.79 bits per heavy atom. The van der Waals surface area contributed by atoms with Crippen LogP contribution in [0.4, 0.5) is 5.82 Å². The fourth-order valence-corrected chi connectivity index (χ4v) is 5.70. The topological polar surface area (TPSA) is 92.3 Å². The van der Waals surface area contributed by atoms with Crippen LogP contribution in [0, 0.1) is 5.92 Å². The van der Waals surface area contributed by atoms with Gasteiger partial charge >= 0.3 is 0 Å². The summed E-state index contributed by atoms with van der Waals surface area (Å²) < 4.78 is 7.36. The molecule has 0 saturated carbocycles. The van der Waals surface area contributed by atoms with E-state index in [1.54, 1.807) is 12.5 Å². The summed E-state index contributed by atoms with van der Waals surface area (Å²) in [5, 5.41) is 9.76. The van der Waals surface area contributed by atoms with Crippen molar-refractivity contribution in [2.24, 2.45) is 13.0 Å². The summed E-state index contributed by atoms with van der Waals surface area (Å²) in [4.78, 5) is 26.6. The molecule has 0 bridgehead atoms. The van der Waals surface area contributed by atoms with Crippen molar-refractivity contribution in [3.8, 4) is 11.1 Å². The minimum absolute atomic E-state index is 0.0209. The van der Waals surface area contributed by atoms with Crippen LogP contribution in [-0.2, 0) is 24.9 Å². The second-order valence-electron chi connectivity index (χ2n) is 10.6. The van der Waals surface area contributed by atoms with Crippen LogP contribution in [0.15, 0.2) is 53.5 Å². The first-order valence-corrected chi connectivity index (χ1v) is 13.7. The summed E-state index contributed by atoms with van der Waals surface area (Å²) in [6, 6.07) is 8.41. The highest BCUT2D eigenvalue weighted by atomic mass is 16.3. The monoisotopic (exact) mass is 513 g/mol. The highest BCUT2D eigenvalue weighted by molar-refractivity contribution is 5.95. The number of anilines is 1. The molecule has 5 heterocycles. The molecule has 1 aromatic carbocycles. The van der Waals surface area contributed by atoms with Crippen LogP contribution >= 0.6 is 0 Å². The summed E-state index contributed by atoms with van der Waals surface area (Å²) >= 11 is 0. The molecule has 9 heteroatoms. The Morgan fingerprint density at radius 1 is 0.974 bits per heavy atom. The number of pyridine rings is 1. The third kappa shape index (κ3) is 5.49. The van der Waals surface area contributed by atoms with Gasteiger partial charge < -0.3 is 9.73 Å². The van der Waals surface area contributed by atoms with E-state index in [1.807, 2.05) is 30.2 Å². The summed E-state index contributed by atoms with van der Waals surface area (Å²) in [5.74, 6) is 1.34. The third-order valence-electron chi connectivity index (χ3n) is 7.97. The van der Waals surface area contributed by atoms with Crippen molar-refractivity contribution < 1.29 is 9.21 Å². The van der Waals surface area contributed by atoms with Gasteiger partial charge in [0.05, 0.1) is 24.6 Å². The molecular weight excluding hydrogens is 478 g/mol. The van der Waals surface area contributed by atoms with Crippen LogP contribution in [0.5, 0.6) is 0 Å². The molecule has 1 amide bonds. The summed E-state index contributed by atoms with van der Waals surface area (Å²) in [5.41, 5.74) is 3.54. The minimum atomic E-state index is -0.0209. The number of amides is 1. The maximum absolute atomic E-state index is 13.0. The standard InChI is InChI=1S/C29H35N7O2/c1-34-26(19-35-10-3-2-4-11-35)25(18-32-34)22-5-6-23-17-31-27(16-24(23)15-22)33-29(37)21-7-12-36(13-8-21)20-28-30-9-14-38-28/h5-6,9,14-18,21H,2-4,7-8,10-13,19-20H2,1H3,(H,31,33,37). The molecule has 2 fully saturated rings. The van der Waals surface area contributed by atoms with Crippen LogP contribution in [0.3, 0.4) is 0 Å². The van der Waals surface area contributed by atoms with Crippen LogP contribution in [-0.4, -0.2) is 61.6 Å². The van der Waals surface area contributed by atoms with E-state index in [0.717, 1.165) is 67.8 Å². The Hall–Kier alpha value is -3.56. The SMILES string of the molecule is Cn1ncc(-c2ccc3cnc(NC(=O)C4CCN(Cc5ncco5)CC4)cc3c2)c1CN1CCCCC1. The molecule has 3 aromatic heterocycles. The number of piperidine rings is 2. The van der Waals surface area contributed by atoms with Gasteiger partial charge in [0.15, 0.2) is 0 Å². The Morgan fingerprint density at radius 3 is 2.58 bits per heavy atom. The van der Waals surface area contributed by atoms with Crippen molar-refractivity contribution in [2.75, 3.05) is 31.5 Å². The van der Waals surface area contributed by atoms with Crippen molar-refractivity contribution in [3.63, 3.8) is 0 Å².